The summed E-state index contributed by atoms with van der Waals surface area (Å²) in [6.45, 7) is 4.33. The monoisotopic (exact) mass is 351 g/mol. The summed E-state index contributed by atoms with van der Waals surface area (Å²) in [5.41, 5.74) is 4.75. The van der Waals surface area contributed by atoms with E-state index in [2.05, 4.69) is 24.3 Å². The van der Waals surface area contributed by atoms with Gasteiger partial charge in [-0.2, -0.15) is 0 Å². The number of amides is 1. The lowest BCUT2D eigenvalue weighted by Crippen LogP contribution is -2.39. The third-order valence-corrected chi connectivity index (χ3v) is 4.99. The minimum atomic E-state index is -0.454. The number of carbonyl (C=O) groups is 2. The summed E-state index contributed by atoms with van der Waals surface area (Å²) in [4.78, 5) is 25.2. The van der Waals surface area contributed by atoms with Crippen molar-refractivity contribution in [2.75, 3.05) is 13.7 Å². The number of hydrogen-bond acceptors (Lipinski definition) is 3. The number of hydrogen-bond donors (Lipinski definition) is 0. The number of aldehydes is 1. The van der Waals surface area contributed by atoms with E-state index < -0.39 is 12.1 Å². The van der Waals surface area contributed by atoms with Gasteiger partial charge in [-0.15, -0.1) is 0 Å². The predicted molar refractivity (Wildman–Crippen MR) is 102 cm³/mol. The highest BCUT2D eigenvalue weighted by Gasteiger charge is 2.30. The topological polar surface area (TPSA) is 46.6 Å². The molecule has 2 aromatic carbocycles. The van der Waals surface area contributed by atoms with Crippen molar-refractivity contribution in [3.05, 3.63) is 59.7 Å². The zero-order chi connectivity index (χ0) is 18.7. The largest absolute Gasteiger partial charge is 0.448 e. The van der Waals surface area contributed by atoms with E-state index in [0.717, 1.165) is 6.29 Å². The van der Waals surface area contributed by atoms with Gasteiger partial charge in [0.25, 0.3) is 0 Å². The number of benzene rings is 2. The third-order valence-electron chi connectivity index (χ3n) is 4.99. The van der Waals surface area contributed by atoms with Crippen molar-refractivity contribution in [3.63, 3.8) is 0 Å². The van der Waals surface area contributed by atoms with Crippen molar-refractivity contribution in [1.29, 1.82) is 0 Å². The van der Waals surface area contributed by atoms with Crippen LogP contribution in [-0.4, -0.2) is 37.0 Å². The van der Waals surface area contributed by atoms with Gasteiger partial charge in [0.15, 0.2) is 0 Å². The Morgan fingerprint density at radius 2 is 1.62 bits per heavy atom. The number of likely N-dealkylation sites (N-methyl/N-ethyl adjacent to an activating group) is 1. The van der Waals surface area contributed by atoms with Crippen LogP contribution < -0.4 is 0 Å². The molecule has 0 aliphatic heterocycles. The van der Waals surface area contributed by atoms with Crippen LogP contribution in [0.4, 0.5) is 4.79 Å². The first-order valence-electron chi connectivity index (χ1n) is 9.06. The maximum absolute atomic E-state index is 12.5. The minimum Gasteiger partial charge on any atom is -0.448 e. The Bertz CT molecular complexity index is 754. The molecule has 1 amide bonds. The van der Waals surface area contributed by atoms with E-state index in [1.807, 2.05) is 38.1 Å². The van der Waals surface area contributed by atoms with Crippen LogP contribution in [0.3, 0.4) is 0 Å². The lowest BCUT2D eigenvalue weighted by molar-refractivity contribution is -0.112. The molecule has 4 nitrogen and oxygen atoms in total. The van der Waals surface area contributed by atoms with Crippen LogP contribution in [-0.2, 0) is 9.53 Å². The fourth-order valence-electron chi connectivity index (χ4n) is 3.62. The van der Waals surface area contributed by atoms with Crippen LogP contribution in [0.1, 0.15) is 37.3 Å². The highest BCUT2D eigenvalue weighted by atomic mass is 16.6. The molecule has 1 aliphatic rings. The van der Waals surface area contributed by atoms with Crippen molar-refractivity contribution in [3.8, 4) is 11.1 Å². The second-order valence-corrected chi connectivity index (χ2v) is 7.25. The normalized spacial score (nSPS) is 13.8. The van der Waals surface area contributed by atoms with E-state index in [1.165, 1.54) is 27.2 Å². The maximum atomic E-state index is 12.5. The zero-order valence-corrected chi connectivity index (χ0v) is 15.5. The van der Waals surface area contributed by atoms with Gasteiger partial charge in [-0.05, 0) is 34.6 Å². The van der Waals surface area contributed by atoms with Gasteiger partial charge in [0.05, 0.1) is 6.04 Å². The summed E-state index contributed by atoms with van der Waals surface area (Å²) in [6.07, 6.45) is 0.996. The van der Waals surface area contributed by atoms with Gasteiger partial charge in [0.2, 0.25) is 0 Å². The van der Waals surface area contributed by atoms with Crippen LogP contribution in [0.2, 0.25) is 0 Å². The van der Waals surface area contributed by atoms with Crippen molar-refractivity contribution in [2.45, 2.75) is 32.2 Å². The molecule has 4 heteroatoms. The standard InChI is InChI=1S/C22H25NO3/c1-15(2)12-16(13-24)23(3)22(25)26-14-21-19-10-6-4-8-17(19)18-9-5-7-11-20(18)21/h4-11,13,15-16,21H,12,14H2,1-3H3/t16-/m0/s1. The highest BCUT2D eigenvalue weighted by Crippen LogP contribution is 2.44. The van der Waals surface area contributed by atoms with Gasteiger partial charge in [0.1, 0.15) is 12.9 Å². The molecule has 3 rings (SSSR count). The molecule has 26 heavy (non-hydrogen) atoms. The second-order valence-electron chi connectivity index (χ2n) is 7.25. The molecule has 0 spiro atoms. The molecule has 1 atom stereocenters. The Labute approximate surface area is 154 Å². The Balaban J connectivity index is 1.73. The number of rotatable bonds is 6. The molecule has 1 aliphatic carbocycles. The van der Waals surface area contributed by atoms with Crippen molar-refractivity contribution in [2.24, 2.45) is 5.92 Å². The van der Waals surface area contributed by atoms with Crippen LogP contribution in [0, 0.1) is 5.92 Å². The molecule has 0 N–H and O–H groups in total. The summed E-state index contributed by atoms with van der Waals surface area (Å²) in [5, 5.41) is 0. The van der Waals surface area contributed by atoms with Crippen LogP contribution in [0.25, 0.3) is 11.1 Å². The van der Waals surface area contributed by atoms with E-state index in [0.29, 0.717) is 12.3 Å². The van der Waals surface area contributed by atoms with Crippen LogP contribution in [0.15, 0.2) is 48.5 Å². The Morgan fingerprint density at radius 3 is 2.12 bits per heavy atom. The first-order valence-corrected chi connectivity index (χ1v) is 9.06. The SMILES string of the molecule is CC(C)C[C@@H](C=O)N(C)C(=O)OCC1c2ccccc2-c2ccccc21. The molecule has 2 aromatic rings. The number of nitrogens with zero attached hydrogens (tertiary/aromatic N) is 1. The molecule has 0 unspecified atom stereocenters. The van der Waals surface area contributed by atoms with E-state index in [9.17, 15) is 9.59 Å². The highest BCUT2D eigenvalue weighted by molar-refractivity contribution is 5.79. The summed E-state index contributed by atoms with van der Waals surface area (Å²) < 4.78 is 5.59. The van der Waals surface area contributed by atoms with E-state index in [1.54, 1.807) is 7.05 Å². The van der Waals surface area contributed by atoms with Gasteiger partial charge < -0.3 is 14.4 Å². The van der Waals surface area contributed by atoms with Crippen molar-refractivity contribution >= 4 is 12.4 Å². The van der Waals surface area contributed by atoms with Crippen molar-refractivity contribution in [1.82, 2.24) is 4.90 Å². The van der Waals surface area contributed by atoms with Crippen molar-refractivity contribution < 1.29 is 14.3 Å². The molecule has 0 radical (unpaired) electrons. The number of fused-ring (bicyclic) bond motifs is 3. The molecule has 0 fully saturated rings. The summed E-state index contributed by atoms with van der Waals surface area (Å²) in [7, 11) is 1.63. The first kappa shape index (κ1) is 18.2. The summed E-state index contributed by atoms with van der Waals surface area (Å²) in [6, 6.07) is 16.0. The van der Waals surface area contributed by atoms with Gasteiger partial charge in [-0.1, -0.05) is 62.4 Å². The van der Waals surface area contributed by atoms with Gasteiger partial charge in [-0.3, -0.25) is 0 Å². The van der Waals surface area contributed by atoms with E-state index >= 15 is 0 Å². The number of ether oxygens (including phenoxy) is 1. The average molecular weight is 351 g/mol. The summed E-state index contributed by atoms with van der Waals surface area (Å²) >= 11 is 0. The van der Waals surface area contributed by atoms with Crippen LogP contribution in [0.5, 0.6) is 0 Å². The van der Waals surface area contributed by atoms with E-state index in [-0.39, 0.29) is 12.5 Å². The lowest BCUT2D eigenvalue weighted by atomic mass is 9.98. The molecular formula is C22H25NO3. The van der Waals surface area contributed by atoms with Gasteiger partial charge in [0, 0.05) is 13.0 Å². The molecule has 0 aromatic heterocycles. The lowest BCUT2D eigenvalue weighted by Gasteiger charge is -2.25. The number of carbonyl (C=O) groups excluding carboxylic acids is 2. The average Bonchev–Trinajstić information content (AvgIpc) is 2.97. The fraction of sp³-hybridized carbons (Fsp3) is 0.364. The maximum Gasteiger partial charge on any atom is 0.410 e. The predicted octanol–water partition coefficient (Wildman–Crippen LogP) is 4.48. The smallest absolute Gasteiger partial charge is 0.410 e. The van der Waals surface area contributed by atoms with Crippen LogP contribution >= 0.6 is 0 Å². The fourth-order valence-corrected chi connectivity index (χ4v) is 3.62. The molecule has 0 heterocycles. The first-order chi connectivity index (χ1) is 12.5. The molecule has 0 bridgehead atoms. The van der Waals surface area contributed by atoms with E-state index in [4.69, 9.17) is 4.74 Å². The Kier molecular flexibility index (Phi) is 5.40. The van der Waals surface area contributed by atoms with Gasteiger partial charge in [-0.25, -0.2) is 4.79 Å². The zero-order valence-electron chi connectivity index (χ0n) is 15.5. The molecular weight excluding hydrogens is 326 g/mol. The Morgan fingerprint density at radius 1 is 1.08 bits per heavy atom. The second kappa shape index (κ2) is 7.73. The summed E-state index contributed by atoms with van der Waals surface area (Å²) in [5.74, 6) is 0.355. The minimum absolute atomic E-state index is 0.0273. The Hall–Kier alpha value is -2.62. The molecule has 0 saturated heterocycles. The molecule has 136 valence electrons. The molecule has 0 saturated carbocycles. The quantitative estimate of drug-likeness (QED) is 0.721. The van der Waals surface area contributed by atoms with Gasteiger partial charge >= 0.3 is 6.09 Å². The third kappa shape index (κ3) is 3.50.